The Morgan fingerprint density at radius 2 is 2.14 bits per heavy atom. The van der Waals surface area contributed by atoms with Gasteiger partial charge in [-0.15, -0.1) is 0 Å². The summed E-state index contributed by atoms with van der Waals surface area (Å²) < 4.78 is 28.0. The molecule has 0 amide bonds. The van der Waals surface area contributed by atoms with E-state index in [4.69, 9.17) is 5.11 Å². The van der Waals surface area contributed by atoms with Gasteiger partial charge in [-0.2, -0.15) is 0 Å². The average molecular weight is 317 g/mol. The van der Waals surface area contributed by atoms with Crippen molar-refractivity contribution >= 4 is 16.0 Å². The standard InChI is InChI=1S/C13H23N3O4S/c1-5-10(2)15(3)7-6-14-21(19,20)11-8-12(13(17)18)16(4)9-11/h8-10,14H,5-7H2,1-4H3,(H,17,18). The second kappa shape index (κ2) is 7.06. The molecule has 120 valence electrons. The Morgan fingerprint density at radius 1 is 1.52 bits per heavy atom. The van der Waals surface area contributed by atoms with Gasteiger partial charge >= 0.3 is 5.97 Å². The molecule has 0 spiro atoms. The molecule has 1 rings (SSSR count). The quantitative estimate of drug-likeness (QED) is 0.737. The van der Waals surface area contributed by atoms with Crippen LogP contribution in [-0.4, -0.2) is 55.1 Å². The largest absolute Gasteiger partial charge is 0.477 e. The number of carbonyl (C=O) groups is 1. The summed E-state index contributed by atoms with van der Waals surface area (Å²) in [6, 6.07) is 1.54. The van der Waals surface area contributed by atoms with Crippen molar-refractivity contribution in [1.29, 1.82) is 0 Å². The molecule has 0 saturated carbocycles. The van der Waals surface area contributed by atoms with E-state index in [0.29, 0.717) is 12.6 Å². The second-order valence-electron chi connectivity index (χ2n) is 5.11. The number of hydrogen-bond donors (Lipinski definition) is 2. The van der Waals surface area contributed by atoms with Crippen LogP contribution in [0.2, 0.25) is 0 Å². The van der Waals surface area contributed by atoms with Crippen LogP contribution in [0.15, 0.2) is 17.2 Å². The third kappa shape index (κ3) is 4.55. The third-order valence-corrected chi connectivity index (χ3v) is 5.04. The van der Waals surface area contributed by atoms with Crippen molar-refractivity contribution in [2.45, 2.75) is 31.2 Å². The lowest BCUT2D eigenvalue weighted by Gasteiger charge is -2.23. The van der Waals surface area contributed by atoms with Crippen LogP contribution in [0.5, 0.6) is 0 Å². The molecule has 0 aromatic carbocycles. The monoisotopic (exact) mass is 317 g/mol. The predicted molar refractivity (Wildman–Crippen MR) is 79.9 cm³/mol. The van der Waals surface area contributed by atoms with E-state index in [2.05, 4.69) is 23.5 Å². The lowest BCUT2D eigenvalue weighted by molar-refractivity contribution is 0.0686. The molecule has 2 N–H and O–H groups in total. The summed E-state index contributed by atoms with van der Waals surface area (Å²) in [5.74, 6) is -1.16. The van der Waals surface area contributed by atoms with Crippen LogP contribution in [0.3, 0.4) is 0 Å². The number of hydrogen-bond acceptors (Lipinski definition) is 4. The molecule has 1 heterocycles. The van der Waals surface area contributed by atoms with Crippen molar-refractivity contribution in [2.75, 3.05) is 20.1 Å². The molecule has 0 fully saturated rings. The summed E-state index contributed by atoms with van der Waals surface area (Å²) in [6.45, 7) is 5.01. The van der Waals surface area contributed by atoms with Crippen LogP contribution in [0.1, 0.15) is 30.8 Å². The number of nitrogens with zero attached hydrogens (tertiary/aromatic N) is 2. The number of rotatable bonds is 8. The normalized spacial score (nSPS) is 13.6. The molecule has 1 aromatic rings. The first-order valence-electron chi connectivity index (χ1n) is 6.78. The maximum Gasteiger partial charge on any atom is 0.352 e. The van der Waals surface area contributed by atoms with Crippen LogP contribution >= 0.6 is 0 Å². The van der Waals surface area contributed by atoms with Gasteiger partial charge in [0, 0.05) is 32.4 Å². The van der Waals surface area contributed by atoms with Crippen molar-refractivity contribution in [3.05, 3.63) is 18.0 Å². The van der Waals surface area contributed by atoms with Crippen molar-refractivity contribution in [3.63, 3.8) is 0 Å². The molecule has 0 bridgehead atoms. The predicted octanol–water partition coefficient (Wildman–Crippen LogP) is 0.732. The highest BCUT2D eigenvalue weighted by Gasteiger charge is 2.20. The fourth-order valence-electron chi connectivity index (χ4n) is 1.87. The first kappa shape index (κ1) is 17.7. The fourth-order valence-corrected chi connectivity index (χ4v) is 2.96. The number of likely N-dealkylation sites (N-methyl/N-ethyl adjacent to an activating group) is 1. The van der Waals surface area contributed by atoms with E-state index in [1.54, 1.807) is 0 Å². The van der Waals surface area contributed by atoms with E-state index in [9.17, 15) is 13.2 Å². The molecule has 1 aromatic heterocycles. The lowest BCUT2D eigenvalue weighted by Crippen LogP contribution is -2.36. The summed E-state index contributed by atoms with van der Waals surface area (Å²) >= 11 is 0. The zero-order chi connectivity index (χ0) is 16.2. The summed E-state index contributed by atoms with van der Waals surface area (Å²) in [7, 11) is -0.247. The Kier molecular flexibility index (Phi) is 5.94. The van der Waals surface area contributed by atoms with E-state index in [1.165, 1.54) is 17.8 Å². The van der Waals surface area contributed by atoms with Gasteiger partial charge in [0.2, 0.25) is 10.0 Å². The van der Waals surface area contributed by atoms with E-state index in [1.807, 2.05) is 7.05 Å². The molecule has 0 saturated heterocycles. The summed E-state index contributed by atoms with van der Waals surface area (Å²) in [4.78, 5) is 13.0. The lowest BCUT2D eigenvalue weighted by atomic mass is 10.2. The Bertz CT molecular complexity index is 595. The van der Waals surface area contributed by atoms with Gasteiger partial charge < -0.3 is 14.6 Å². The number of sulfonamides is 1. The average Bonchev–Trinajstić information content (AvgIpc) is 2.80. The number of aryl methyl sites for hydroxylation is 1. The van der Waals surface area contributed by atoms with E-state index >= 15 is 0 Å². The highest BCUT2D eigenvalue weighted by atomic mass is 32.2. The molecular weight excluding hydrogens is 294 g/mol. The van der Waals surface area contributed by atoms with Crippen LogP contribution in [0.4, 0.5) is 0 Å². The number of carboxylic acid groups (broad SMARTS) is 1. The van der Waals surface area contributed by atoms with E-state index in [-0.39, 0.29) is 17.1 Å². The minimum absolute atomic E-state index is 0.0337. The number of aromatic carboxylic acids is 1. The number of nitrogens with one attached hydrogen (secondary N) is 1. The van der Waals surface area contributed by atoms with Crippen molar-refractivity contribution in [2.24, 2.45) is 7.05 Å². The number of carboxylic acids is 1. The molecular formula is C13H23N3O4S. The molecule has 7 nitrogen and oxygen atoms in total. The van der Waals surface area contributed by atoms with Gasteiger partial charge in [0.25, 0.3) is 0 Å². The molecule has 0 aliphatic rings. The topological polar surface area (TPSA) is 91.6 Å². The minimum atomic E-state index is -3.68. The van der Waals surface area contributed by atoms with Crippen molar-refractivity contribution in [3.8, 4) is 0 Å². The first-order valence-corrected chi connectivity index (χ1v) is 8.27. The molecule has 1 unspecified atom stereocenters. The second-order valence-corrected chi connectivity index (χ2v) is 6.88. The SMILES string of the molecule is CCC(C)N(C)CCNS(=O)(=O)c1cc(C(=O)O)n(C)c1. The Balaban J connectivity index is 2.70. The molecule has 0 aliphatic carbocycles. The molecule has 8 heteroatoms. The van der Waals surface area contributed by atoms with Crippen LogP contribution in [0, 0.1) is 0 Å². The number of aromatic nitrogens is 1. The molecule has 21 heavy (non-hydrogen) atoms. The van der Waals surface area contributed by atoms with Gasteiger partial charge in [-0.3, -0.25) is 0 Å². The summed E-state index contributed by atoms with van der Waals surface area (Å²) in [6.07, 6.45) is 2.29. The van der Waals surface area contributed by atoms with Crippen molar-refractivity contribution in [1.82, 2.24) is 14.2 Å². The minimum Gasteiger partial charge on any atom is -0.477 e. The first-order chi connectivity index (χ1) is 9.69. The molecule has 0 aliphatic heterocycles. The van der Waals surface area contributed by atoms with Crippen molar-refractivity contribution < 1.29 is 18.3 Å². The molecule has 1 atom stereocenters. The Morgan fingerprint density at radius 3 is 2.62 bits per heavy atom. The Hall–Kier alpha value is -1.38. The highest BCUT2D eigenvalue weighted by molar-refractivity contribution is 7.89. The van der Waals surface area contributed by atoms with Gasteiger partial charge in [-0.25, -0.2) is 17.9 Å². The maximum absolute atomic E-state index is 12.1. The highest BCUT2D eigenvalue weighted by Crippen LogP contribution is 2.13. The zero-order valence-electron chi connectivity index (χ0n) is 12.8. The maximum atomic E-state index is 12.1. The van der Waals surface area contributed by atoms with Crippen LogP contribution in [0.25, 0.3) is 0 Å². The zero-order valence-corrected chi connectivity index (χ0v) is 13.6. The van der Waals surface area contributed by atoms with Crippen LogP contribution < -0.4 is 4.72 Å². The van der Waals surface area contributed by atoms with Gasteiger partial charge in [-0.1, -0.05) is 6.92 Å². The Labute approximate surface area is 125 Å². The van der Waals surface area contributed by atoms with Gasteiger partial charge in [0.1, 0.15) is 10.6 Å². The van der Waals surface area contributed by atoms with Gasteiger partial charge in [-0.05, 0) is 26.5 Å². The molecule has 0 radical (unpaired) electrons. The van der Waals surface area contributed by atoms with Gasteiger partial charge in [0.05, 0.1) is 0 Å². The summed E-state index contributed by atoms with van der Waals surface area (Å²) in [5, 5.41) is 8.94. The third-order valence-electron chi connectivity index (χ3n) is 3.61. The van der Waals surface area contributed by atoms with E-state index in [0.717, 1.165) is 12.5 Å². The van der Waals surface area contributed by atoms with E-state index < -0.39 is 16.0 Å². The van der Waals surface area contributed by atoms with Gasteiger partial charge in [0.15, 0.2) is 0 Å². The fraction of sp³-hybridized carbons (Fsp3) is 0.615. The summed E-state index contributed by atoms with van der Waals surface area (Å²) in [5.41, 5.74) is -0.0629. The van der Waals surface area contributed by atoms with Crippen LogP contribution in [-0.2, 0) is 17.1 Å². The smallest absolute Gasteiger partial charge is 0.352 e.